The van der Waals surface area contributed by atoms with Crippen molar-refractivity contribution in [3.05, 3.63) is 0 Å². The van der Waals surface area contributed by atoms with Gasteiger partial charge in [-0.2, -0.15) is 0 Å². The van der Waals surface area contributed by atoms with Crippen molar-refractivity contribution in [1.29, 1.82) is 0 Å². The lowest BCUT2D eigenvalue weighted by molar-refractivity contribution is -0.120. The minimum absolute atomic E-state index is 0.197. The van der Waals surface area contributed by atoms with Crippen LogP contribution in [0.2, 0.25) is 0 Å². The van der Waals surface area contributed by atoms with Crippen LogP contribution in [0.1, 0.15) is 6.92 Å². The molecule has 0 aromatic heterocycles. The van der Waals surface area contributed by atoms with E-state index in [1.165, 1.54) is 0 Å². The molecule has 1 unspecified atom stereocenters. The number of halogens is 1. The Hall–Kier alpha value is -0.0900. The number of hydrogen-bond acceptors (Lipinski definition) is 2. The molecule has 3 N–H and O–H groups in total. The fourth-order valence-electron chi connectivity index (χ4n) is 0.115. The summed E-state index contributed by atoms with van der Waals surface area (Å²) in [6.07, 6.45) is 0. The minimum atomic E-state index is -0.208. The van der Waals surface area contributed by atoms with E-state index in [4.69, 9.17) is 5.84 Å². The van der Waals surface area contributed by atoms with E-state index < -0.39 is 0 Å². The highest BCUT2D eigenvalue weighted by atomic mass is 79.9. The van der Waals surface area contributed by atoms with E-state index in [9.17, 15) is 4.79 Å². The molecule has 3 nitrogen and oxygen atoms in total. The molecule has 0 aliphatic heterocycles. The van der Waals surface area contributed by atoms with Crippen molar-refractivity contribution in [1.82, 2.24) is 5.43 Å². The fraction of sp³-hybridized carbons (Fsp3) is 0.667. The SMILES string of the molecule is CC(Br)C(=O)NN. The molecule has 0 aromatic rings. The van der Waals surface area contributed by atoms with Crippen molar-refractivity contribution < 1.29 is 4.79 Å². The zero-order valence-corrected chi connectivity index (χ0v) is 5.53. The van der Waals surface area contributed by atoms with Crippen LogP contribution in [0.3, 0.4) is 0 Å². The lowest BCUT2D eigenvalue weighted by Crippen LogP contribution is -2.34. The number of nitrogens with one attached hydrogen (secondary N) is 1. The topological polar surface area (TPSA) is 55.1 Å². The van der Waals surface area contributed by atoms with Gasteiger partial charge in [0.05, 0.1) is 4.83 Å². The molecule has 1 amide bonds. The van der Waals surface area contributed by atoms with Gasteiger partial charge in [0.2, 0.25) is 5.91 Å². The summed E-state index contributed by atoms with van der Waals surface area (Å²) in [5.41, 5.74) is 1.98. The van der Waals surface area contributed by atoms with E-state index >= 15 is 0 Å². The van der Waals surface area contributed by atoms with Gasteiger partial charge < -0.3 is 0 Å². The Bertz CT molecular complexity index is 73.3. The van der Waals surface area contributed by atoms with Gasteiger partial charge in [-0.15, -0.1) is 0 Å². The first-order valence-corrected chi connectivity index (χ1v) is 2.74. The van der Waals surface area contributed by atoms with Crippen molar-refractivity contribution in [2.24, 2.45) is 5.84 Å². The zero-order chi connectivity index (χ0) is 5.86. The quantitative estimate of drug-likeness (QED) is 0.245. The van der Waals surface area contributed by atoms with Crippen LogP contribution in [0.25, 0.3) is 0 Å². The van der Waals surface area contributed by atoms with Gasteiger partial charge in [-0.3, -0.25) is 10.2 Å². The third kappa shape index (κ3) is 2.59. The molecule has 0 aromatic carbocycles. The lowest BCUT2D eigenvalue weighted by atomic mass is 10.5. The van der Waals surface area contributed by atoms with Crippen LogP contribution in [0.5, 0.6) is 0 Å². The maximum atomic E-state index is 10.2. The molecule has 0 saturated carbocycles. The lowest BCUT2D eigenvalue weighted by Gasteiger charge is -1.96. The Kier molecular flexibility index (Phi) is 2.95. The standard InChI is InChI=1S/C3H7BrN2O/c1-2(4)3(7)6-5/h2H,5H2,1H3,(H,6,7). The molecule has 0 heterocycles. The third-order valence-corrected chi connectivity index (χ3v) is 0.919. The maximum absolute atomic E-state index is 10.2. The molecular weight excluding hydrogens is 160 g/mol. The summed E-state index contributed by atoms with van der Waals surface area (Å²) in [6, 6.07) is 0. The van der Waals surface area contributed by atoms with Gasteiger partial charge in [-0.05, 0) is 6.92 Å². The highest BCUT2D eigenvalue weighted by molar-refractivity contribution is 9.10. The van der Waals surface area contributed by atoms with Crippen LogP contribution >= 0.6 is 15.9 Å². The molecular formula is C3H7BrN2O. The van der Waals surface area contributed by atoms with Crippen molar-refractivity contribution >= 4 is 21.8 Å². The number of rotatable bonds is 1. The summed E-state index contributed by atoms with van der Waals surface area (Å²) >= 11 is 3.01. The van der Waals surface area contributed by atoms with Crippen molar-refractivity contribution in [2.75, 3.05) is 0 Å². The van der Waals surface area contributed by atoms with Crippen LogP contribution in [-0.4, -0.2) is 10.7 Å². The first kappa shape index (κ1) is 6.91. The summed E-state index contributed by atoms with van der Waals surface area (Å²) in [6.45, 7) is 1.70. The smallest absolute Gasteiger partial charge is 0.247 e. The molecule has 0 fully saturated rings. The number of hydrazine groups is 1. The summed E-state index contributed by atoms with van der Waals surface area (Å²) in [7, 11) is 0. The van der Waals surface area contributed by atoms with E-state index in [0.717, 1.165) is 0 Å². The minimum Gasteiger partial charge on any atom is -0.293 e. The monoisotopic (exact) mass is 166 g/mol. The predicted molar refractivity (Wildman–Crippen MR) is 30.7 cm³/mol. The van der Waals surface area contributed by atoms with Crippen LogP contribution in [0.15, 0.2) is 0 Å². The molecule has 7 heavy (non-hydrogen) atoms. The summed E-state index contributed by atoms with van der Waals surface area (Å²) in [5.74, 6) is 4.54. The second kappa shape index (κ2) is 2.98. The number of amides is 1. The first-order chi connectivity index (χ1) is 3.18. The van der Waals surface area contributed by atoms with E-state index in [2.05, 4.69) is 15.9 Å². The number of carbonyl (C=O) groups excluding carboxylic acids is 1. The molecule has 0 radical (unpaired) electrons. The van der Waals surface area contributed by atoms with E-state index in [0.29, 0.717) is 0 Å². The van der Waals surface area contributed by atoms with Gasteiger partial charge in [-0.1, -0.05) is 15.9 Å². The van der Waals surface area contributed by atoms with Gasteiger partial charge >= 0.3 is 0 Å². The number of alkyl halides is 1. The van der Waals surface area contributed by atoms with Crippen LogP contribution in [-0.2, 0) is 4.79 Å². The zero-order valence-electron chi connectivity index (χ0n) is 3.94. The molecule has 42 valence electrons. The number of carbonyl (C=O) groups is 1. The number of nitrogens with two attached hydrogens (primary N) is 1. The maximum Gasteiger partial charge on any atom is 0.247 e. The number of hydrogen-bond donors (Lipinski definition) is 2. The van der Waals surface area contributed by atoms with E-state index in [-0.39, 0.29) is 10.7 Å². The Balaban J connectivity index is 3.35. The van der Waals surface area contributed by atoms with Gasteiger partial charge in [0.1, 0.15) is 0 Å². The van der Waals surface area contributed by atoms with Crippen molar-refractivity contribution in [2.45, 2.75) is 11.8 Å². The second-order valence-corrected chi connectivity index (χ2v) is 2.50. The van der Waals surface area contributed by atoms with Crippen molar-refractivity contribution in [3.63, 3.8) is 0 Å². The van der Waals surface area contributed by atoms with Gasteiger partial charge in [-0.25, -0.2) is 5.84 Å². The Morgan fingerprint density at radius 2 is 2.43 bits per heavy atom. The Labute approximate surface area is 50.4 Å². The largest absolute Gasteiger partial charge is 0.293 e. The van der Waals surface area contributed by atoms with E-state index in [1.807, 2.05) is 5.43 Å². The molecule has 1 atom stereocenters. The second-order valence-electron chi connectivity index (χ2n) is 1.12. The average Bonchev–Trinajstić information content (AvgIpc) is 1.65. The molecule has 0 aliphatic rings. The summed E-state index contributed by atoms with van der Waals surface area (Å²) < 4.78 is 0. The molecule has 0 aliphatic carbocycles. The molecule has 0 rings (SSSR count). The third-order valence-electron chi connectivity index (χ3n) is 0.504. The Morgan fingerprint density at radius 3 is 2.43 bits per heavy atom. The van der Waals surface area contributed by atoms with Crippen LogP contribution in [0.4, 0.5) is 0 Å². The normalized spacial score (nSPS) is 13.0. The predicted octanol–water partition coefficient (Wildman–Crippen LogP) is -0.240. The first-order valence-electron chi connectivity index (χ1n) is 1.83. The molecule has 4 heteroatoms. The highest BCUT2D eigenvalue weighted by Gasteiger charge is 2.03. The summed E-state index contributed by atoms with van der Waals surface area (Å²) in [4.78, 5) is 10.0. The van der Waals surface area contributed by atoms with Crippen molar-refractivity contribution in [3.8, 4) is 0 Å². The van der Waals surface area contributed by atoms with Crippen LogP contribution in [0, 0.1) is 0 Å². The Morgan fingerprint density at radius 1 is 2.00 bits per heavy atom. The molecule has 0 bridgehead atoms. The van der Waals surface area contributed by atoms with Gasteiger partial charge in [0.15, 0.2) is 0 Å². The fourth-order valence-corrected chi connectivity index (χ4v) is 0.247. The molecule has 0 spiro atoms. The summed E-state index contributed by atoms with van der Waals surface area (Å²) in [5, 5.41) is 0. The van der Waals surface area contributed by atoms with E-state index in [1.54, 1.807) is 6.92 Å². The van der Waals surface area contributed by atoms with Crippen LogP contribution < -0.4 is 11.3 Å². The van der Waals surface area contributed by atoms with Gasteiger partial charge in [0.25, 0.3) is 0 Å². The molecule has 0 saturated heterocycles. The van der Waals surface area contributed by atoms with Gasteiger partial charge in [0, 0.05) is 0 Å². The average molecular weight is 167 g/mol. The highest BCUT2D eigenvalue weighted by Crippen LogP contribution is 1.93.